The molecule has 6 heteroatoms. The van der Waals surface area contributed by atoms with Crippen molar-refractivity contribution < 1.29 is 4.79 Å². The summed E-state index contributed by atoms with van der Waals surface area (Å²) in [6.07, 6.45) is 8.87. The van der Waals surface area contributed by atoms with E-state index in [4.69, 9.17) is 0 Å². The topological polar surface area (TPSA) is 52.6 Å². The maximum Gasteiger partial charge on any atom is 0.223 e. The molecule has 0 saturated carbocycles. The van der Waals surface area contributed by atoms with E-state index in [1.54, 1.807) is 19.3 Å². The summed E-state index contributed by atoms with van der Waals surface area (Å²) in [5, 5.41) is 0. The Hall–Kier alpha value is -2.47. The maximum absolute atomic E-state index is 12.3. The highest BCUT2D eigenvalue weighted by Crippen LogP contribution is 2.48. The molecule has 6 nitrogen and oxygen atoms in total. The van der Waals surface area contributed by atoms with Crippen LogP contribution in [0.4, 0.5) is 11.5 Å². The van der Waals surface area contributed by atoms with Gasteiger partial charge in [0.25, 0.3) is 0 Å². The fraction of sp³-hybridized carbons (Fsp3) is 0.542. The van der Waals surface area contributed by atoms with Crippen LogP contribution in [0, 0.1) is 12.8 Å². The Morgan fingerprint density at radius 2 is 2.03 bits per heavy atom. The van der Waals surface area contributed by atoms with Gasteiger partial charge in [0.05, 0.1) is 6.20 Å². The summed E-state index contributed by atoms with van der Waals surface area (Å²) in [5.41, 5.74) is 4.03. The molecular formula is C24H31N5O. The third-order valence-electron chi connectivity index (χ3n) is 7.40. The number of amides is 1. The van der Waals surface area contributed by atoms with E-state index in [0.29, 0.717) is 5.92 Å². The summed E-state index contributed by atoms with van der Waals surface area (Å²) in [5.74, 6) is 1.85. The molecule has 0 aliphatic carbocycles. The van der Waals surface area contributed by atoms with Gasteiger partial charge in [-0.25, -0.2) is 4.98 Å². The molecule has 30 heavy (non-hydrogen) atoms. The van der Waals surface area contributed by atoms with E-state index in [1.165, 1.54) is 17.5 Å². The van der Waals surface area contributed by atoms with Gasteiger partial charge in [-0.2, -0.15) is 0 Å². The molecule has 1 atom stereocenters. The summed E-state index contributed by atoms with van der Waals surface area (Å²) in [4.78, 5) is 28.0. The van der Waals surface area contributed by atoms with Gasteiger partial charge in [0.1, 0.15) is 5.82 Å². The van der Waals surface area contributed by atoms with Crippen molar-refractivity contribution in [2.45, 2.75) is 38.5 Å². The highest BCUT2D eigenvalue weighted by molar-refractivity contribution is 5.95. The van der Waals surface area contributed by atoms with Gasteiger partial charge in [-0.05, 0) is 62.4 Å². The number of anilines is 2. The monoisotopic (exact) mass is 405 g/mol. The van der Waals surface area contributed by atoms with Crippen LogP contribution in [-0.4, -0.2) is 60.0 Å². The van der Waals surface area contributed by atoms with E-state index in [1.807, 2.05) is 11.1 Å². The van der Waals surface area contributed by atoms with Crippen molar-refractivity contribution in [1.29, 1.82) is 0 Å². The molecule has 2 fully saturated rings. The van der Waals surface area contributed by atoms with Crippen molar-refractivity contribution in [1.82, 2.24) is 14.9 Å². The number of piperidine rings is 1. The molecule has 0 N–H and O–H groups in total. The van der Waals surface area contributed by atoms with Crippen molar-refractivity contribution >= 4 is 17.4 Å². The van der Waals surface area contributed by atoms with E-state index in [9.17, 15) is 4.79 Å². The second-order valence-corrected chi connectivity index (χ2v) is 9.32. The van der Waals surface area contributed by atoms with Crippen LogP contribution in [0.25, 0.3) is 0 Å². The third kappa shape index (κ3) is 3.37. The molecule has 0 radical (unpaired) electrons. The first-order valence-electron chi connectivity index (χ1n) is 11.2. The fourth-order valence-electron chi connectivity index (χ4n) is 5.90. The van der Waals surface area contributed by atoms with E-state index >= 15 is 0 Å². The molecule has 158 valence electrons. The number of carbonyl (C=O) groups is 1. The molecule has 0 unspecified atom stereocenters. The molecule has 3 aliphatic heterocycles. The van der Waals surface area contributed by atoms with Crippen LogP contribution in [0.5, 0.6) is 0 Å². The number of aromatic nitrogens is 2. The lowest BCUT2D eigenvalue weighted by atomic mass is 9.72. The lowest BCUT2D eigenvalue weighted by Gasteiger charge is -2.41. The molecule has 0 bridgehead atoms. The summed E-state index contributed by atoms with van der Waals surface area (Å²) >= 11 is 0. The minimum Gasteiger partial charge on any atom is -0.355 e. The fourth-order valence-corrected chi connectivity index (χ4v) is 5.90. The molecule has 3 aliphatic rings. The Morgan fingerprint density at radius 1 is 1.20 bits per heavy atom. The molecule has 1 aromatic heterocycles. The van der Waals surface area contributed by atoms with Gasteiger partial charge >= 0.3 is 0 Å². The Bertz CT molecular complexity index is 922. The van der Waals surface area contributed by atoms with Gasteiger partial charge in [0, 0.05) is 56.6 Å². The first kappa shape index (κ1) is 19.5. The predicted octanol–water partition coefficient (Wildman–Crippen LogP) is 3.01. The second-order valence-electron chi connectivity index (χ2n) is 9.32. The number of aryl methyl sites for hydroxylation is 1. The van der Waals surface area contributed by atoms with Gasteiger partial charge in [-0.3, -0.25) is 9.78 Å². The van der Waals surface area contributed by atoms with Crippen LogP contribution in [-0.2, 0) is 10.2 Å². The maximum atomic E-state index is 12.3. The average molecular weight is 406 g/mol. The molecule has 2 aromatic rings. The predicted molar refractivity (Wildman–Crippen MR) is 119 cm³/mol. The third-order valence-corrected chi connectivity index (χ3v) is 7.40. The standard InChI is InChI=1S/C24H31N5O/c1-18-4-3-5-21-23(18)24(17-29(21)19(2)30)7-12-27(13-8-24)15-20-6-11-28(16-20)22-14-25-9-10-26-22/h3-5,9-10,14,20H,6-8,11-13,15-17H2,1-2H3/t20-/m0/s1. The normalized spacial score (nSPS) is 23.2. The Morgan fingerprint density at radius 3 is 2.77 bits per heavy atom. The van der Waals surface area contributed by atoms with E-state index < -0.39 is 0 Å². The molecule has 4 heterocycles. The van der Waals surface area contributed by atoms with E-state index in [-0.39, 0.29) is 11.3 Å². The van der Waals surface area contributed by atoms with Crippen LogP contribution in [0.3, 0.4) is 0 Å². The smallest absolute Gasteiger partial charge is 0.223 e. The zero-order chi connectivity index (χ0) is 20.7. The van der Waals surface area contributed by atoms with Gasteiger partial charge < -0.3 is 14.7 Å². The van der Waals surface area contributed by atoms with Crippen LogP contribution >= 0.6 is 0 Å². The zero-order valence-corrected chi connectivity index (χ0v) is 18.0. The molecule has 1 aromatic carbocycles. The average Bonchev–Trinajstić information content (AvgIpc) is 3.35. The molecule has 1 amide bonds. The lowest BCUT2D eigenvalue weighted by molar-refractivity contribution is -0.116. The van der Waals surface area contributed by atoms with Crippen LogP contribution in [0.15, 0.2) is 36.8 Å². The van der Waals surface area contributed by atoms with E-state index in [2.05, 4.69) is 44.9 Å². The van der Waals surface area contributed by atoms with Crippen LogP contribution in [0.1, 0.15) is 37.3 Å². The number of benzene rings is 1. The van der Waals surface area contributed by atoms with Crippen LogP contribution in [0.2, 0.25) is 0 Å². The highest BCUT2D eigenvalue weighted by atomic mass is 16.2. The number of rotatable bonds is 3. The summed E-state index contributed by atoms with van der Waals surface area (Å²) in [6.45, 7) is 10.3. The van der Waals surface area contributed by atoms with Crippen molar-refractivity contribution in [3.63, 3.8) is 0 Å². The van der Waals surface area contributed by atoms with Crippen molar-refractivity contribution in [3.8, 4) is 0 Å². The summed E-state index contributed by atoms with van der Waals surface area (Å²) < 4.78 is 0. The van der Waals surface area contributed by atoms with Crippen LogP contribution < -0.4 is 9.80 Å². The second kappa shape index (κ2) is 7.65. The Kier molecular flexibility index (Phi) is 4.97. The van der Waals surface area contributed by atoms with E-state index in [0.717, 1.165) is 63.6 Å². The van der Waals surface area contributed by atoms with Gasteiger partial charge in [0.2, 0.25) is 5.91 Å². The SMILES string of the molecule is CC(=O)N1CC2(CCN(C[C@@H]3CCN(c4cnccn4)C3)CC2)c2c(C)cccc21. The summed E-state index contributed by atoms with van der Waals surface area (Å²) in [7, 11) is 0. The van der Waals surface area contributed by atoms with Gasteiger partial charge in [-0.1, -0.05) is 12.1 Å². The highest BCUT2D eigenvalue weighted by Gasteiger charge is 2.46. The van der Waals surface area contributed by atoms with Crippen molar-refractivity contribution in [3.05, 3.63) is 47.9 Å². The molecule has 2 saturated heterocycles. The number of hydrogen-bond acceptors (Lipinski definition) is 5. The Labute approximate surface area is 178 Å². The molecular weight excluding hydrogens is 374 g/mol. The van der Waals surface area contributed by atoms with Crippen molar-refractivity contribution in [2.75, 3.05) is 49.1 Å². The minimum atomic E-state index is 0.129. The molecule has 5 rings (SSSR count). The number of fused-ring (bicyclic) bond motifs is 2. The number of likely N-dealkylation sites (tertiary alicyclic amines) is 1. The first-order chi connectivity index (χ1) is 14.6. The summed E-state index contributed by atoms with van der Waals surface area (Å²) in [6, 6.07) is 6.42. The van der Waals surface area contributed by atoms with Gasteiger partial charge in [0.15, 0.2) is 0 Å². The Balaban J connectivity index is 1.24. The number of nitrogens with zero attached hydrogens (tertiary/aromatic N) is 5. The molecule has 1 spiro atoms. The minimum absolute atomic E-state index is 0.129. The zero-order valence-electron chi connectivity index (χ0n) is 18.0. The lowest BCUT2D eigenvalue weighted by Crippen LogP contribution is -2.47. The largest absolute Gasteiger partial charge is 0.355 e. The van der Waals surface area contributed by atoms with Gasteiger partial charge in [-0.15, -0.1) is 0 Å². The first-order valence-corrected chi connectivity index (χ1v) is 11.2. The number of carbonyl (C=O) groups excluding carboxylic acids is 1. The number of hydrogen-bond donors (Lipinski definition) is 0. The quantitative estimate of drug-likeness (QED) is 0.786. The van der Waals surface area contributed by atoms with Crippen molar-refractivity contribution in [2.24, 2.45) is 5.92 Å².